The molecule has 0 bridgehead atoms. The summed E-state index contributed by atoms with van der Waals surface area (Å²) in [5, 5.41) is 3.44. The summed E-state index contributed by atoms with van der Waals surface area (Å²) >= 11 is 6.08. The summed E-state index contributed by atoms with van der Waals surface area (Å²) in [6.45, 7) is 1.01. The highest BCUT2D eigenvalue weighted by atomic mass is 35.5. The number of halogens is 1. The molecular formula is C15H13ClN2O3. The lowest BCUT2D eigenvalue weighted by atomic mass is 10.1. The molecule has 1 N–H and O–H groups in total. The number of carbonyl (C=O) groups excluding carboxylic acids is 1. The first-order chi connectivity index (χ1) is 10.2. The Kier molecular flexibility index (Phi) is 4.03. The summed E-state index contributed by atoms with van der Waals surface area (Å²) in [6, 6.07) is 6.92. The number of benzene rings is 1. The molecule has 108 valence electrons. The molecule has 3 rings (SSSR count). The molecule has 0 atom stereocenters. The van der Waals surface area contributed by atoms with E-state index >= 15 is 0 Å². The molecule has 2 aromatic rings. The normalized spacial score (nSPS) is 13.2. The number of hydrogen-bond acceptors (Lipinski definition) is 4. The quantitative estimate of drug-likeness (QED) is 0.946. The van der Waals surface area contributed by atoms with Crippen molar-refractivity contribution < 1.29 is 14.3 Å². The van der Waals surface area contributed by atoms with Gasteiger partial charge in [0.15, 0.2) is 6.79 Å². The molecule has 6 heteroatoms. The fourth-order valence-corrected chi connectivity index (χ4v) is 2.43. The zero-order valence-electron chi connectivity index (χ0n) is 11.1. The maximum Gasteiger partial charge on any atom is 0.251 e. The van der Waals surface area contributed by atoms with Crippen LogP contribution in [-0.4, -0.2) is 17.7 Å². The van der Waals surface area contributed by atoms with Crippen molar-refractivity contribution in [3.05, 3.63) is 58.4 Å². The molecule has 21 heavy (non-hydrogen) atoms. The Morgan fingerprint density at radius 2 is 2.14 bits per heavy atom. The number of nitrogens with zero attached hydrogens (tertiary/aromatic N) is 1. The van der Waals surface area contributed by atoms with Gasteiger partial charge in [-0.3, -0.25) is 9.78 Å². The number of carbonyl (C=O) groups is 1. The Labute approximate surface area is 126 Å². The van der Waals surface area contributed by atoms with Crippen molar-refractivity contribution in [2.75, 3.05) is 6.79 Å². The van der Waals surface area contributed by atoms with Crippen molar-refractivity contribution in [2.24, 2.45) is 0 Å². The van der Waals surface area contributed by atoms with E-state index in [-0.39, 0.29) is 12.7 Å². The topological polar surface area (TPSA) is 60.5 Å². The highest BCUT2D eigenvalue weighted by molar-refractivity contribution is 6.30. The van der Waals surface area contributed by atoms with Crippen molar-refractivity contribution in [2.45, 2.75) is 13.2 Å². The van der Waals surface area contributed by atoms with E-state index in [1.54, 1.807) is 30.6 Å². The summed E-state index contributed by atoms with van der Waals surface area (Å²) in [6.07, 6.45) is 3.16. The van der Waals surface area contributed by atoms with Crippen LogP contribution in [0.4, 0.5) is 0 Å². The predicted molar refractivity (Wildman–Crippen MR) is 77.1 cm³/mol. The van der Waals surface area contributed by atoms with Crippen LogP contribution in [0.2, 0.25) is 5.02 Å². The fourth-order valence-electron chi connectivity index (χ4n) is 2.17. The van der Waals surface area contributed by atoms with E-state index < -0.39 is 0 Å². The minimum absolute atomic E-state index is 0.168. The second kappa shape index (κ2) is 6.11. The van der Waals surface area contributed by atoms with E-state index in [9.17, 15) is 4.79 Å². The van der Waals surface area contributed by atoms with Crippen LogP contribution >= 0.6 is 11.6 Å². The molecular weight excluding hydrogens is 292 g/mol. The molecule has 0 spiro atoms. The molecule has 1 aliphatic rings. The summed E-state index contributed by atoms with van der Waals surface area (Å²) < 4.78 is 10.7. The largest absolute Gasteiger partial charge is 0.467 e. The smallest absolute Gasteiger partial charge is 0.251 e. The monoisotopic (exact) mass is 304 g/mol. The van der Waals surface area contributed by atoms with Gasteiger partial charge in [-0.15, -0.1) is 0 Å². The molecule has 0 fully saturated rings. The second-order valence-corrected chi connectivity index (χ2v) is 5.02. The summed E-state index contributed by atoms with van der Waals surface area (Å²) in [5.74, 6) is 0.568. The van der Waals surface area contributed by atoms with Crippen molar-refractivity contribution in [1.29, 1.82) is 0 Å². The number of aromatic nitrogens is 1. The van der Waals surface area contributed by atoms with Gasteiger partial charge in [-0.05, 0) is 24.3 Å². The second-order valence-electron chi connectivity index (χ2n) is 4.58. The van der Waals surface area contributed by atoms with Gasteiger partial charge in [0.05, 0.1) is 6.61 Å². The fraction of sp³-hybridized carbons (Fsp3) is 0.200. The maximum absolute atomic E-state index is 12.0. The first-order valence-electron chi connectivity index (χ1n) is 6.44. The van der Waals surface area contributed by atoms with Crippen molar-refractivity contribution in [3.8, 4) is 5.75 Å². The van der Waals surface area contributed by atoms with Crippen LogP contribution in [0.5, 0.6) is 5.75 Å². The zero-order valence-corrected chi connectivity index (χ0v) is 11.9. The van der Waals surface area contributed by atoms with Crippen LogP contribution in [0.1, 0.15) is 21.5 Å². The van der Waals surface area contributed by atoms with Gasteiger partial charge < -0.3 is 14.8 Å². The minimum Gasteiger partial charge on any atom is -0.467 e. The van der Waals surface area contributed by atoms with Crippen LogP contribution in [0.25, 0.3) is 0 Å². The van der Waals surface area contributed by atoms with Crippen LogP contribution in [0, 0.1) is 0 Å². The number of amides is 1. The van der Waals surface area contributed by atoms with E-state index in [2.05, 4.69) is 10.3 Å². The lowest BCUT2D eigenvalue weighted by Crippen LogP contribution is -2.24. The molecule has 1 amide bonds. The highest BCUT2D eigenvalue weighted by Crippen LogP contribution is 2.31. The van der Waals surface area contributed by atoms with Crippen LogP contribution in [-0.2, 0) is 17.9 Å². The van der Waals surface area contributed by atoms with Gasteiger partial charge in [-0.1, -0.05) is 11.6 Å². The summed E-state index contributed by atoms with van der Waals surface area (Å²) in [5.41, 5.74) is 2.29. The third kappa shape index (κ3) is 3.15. The third-order valence-corrected chi connectivity index (χ3v) is 3.35. The maximum atomic E-state index is 12.0. The van der Waals surface area contributed by atoms with Crippen molar-refractivity contribution in [3.63, 3.8) is 0 Å². The standard InChI is InChI=1S/C15H13ClN2O3/c16-13-5-11(14-12(6-13)8-20-9-21-14)7-18-15(19)10-1-3-17-4-2-10/h1-6H,7-9H2,(H,18,19). The SMILES string of the molecule is O=C(NCc1cc(Cl)cc2c1OCOC2)c1ccncc1. The average Bonchev–Trinajstić information content (AvgIpc) is 2.53. The number of ether oxygens (including phenoxy) is 2. The van der Waals surface area contributed by atoms with E-state index in [1.165, 1.54) is 0 Å². The first-order valence-corrected chi connectivity index (χ1v) is 6.82. The van der Waals surface area contributed by atoms with Gasteiger partial charge in [0.25, 0.3) is 5.91 Å². The minimum atomic E-state index is -0.168. The number of hydrogen-bond donors (Lipinski definition) is 1. The van der Waals surface area contributed by atoms with Gasteiger partial charge in [-0.25, -0.2) is 0 Å². The van der Waals surface area contributed by atoms with E-state index in [0.29, 0.717) is 23.7 Å². The van der Waals surface area contributed by atoms with E-state index in [4.69, 9.17) is 21.1 Å². The number of fused-ring (bicyclic) bond motifs is 1. The summed E-state index contributed by atoms with van der Waals surface area (Å²) in [7, 11) is 0. The van der Waals surface area contributed by atoms with Crippen molar-refractivity contribution in [1.82, 2.24) is 10.3 Å². The van der Waals surface area contributed by atoms with Crippen molar-refractivity contribution >= 4 is 17.5 Å². The number of pyridine rings is 1. The first kappa shape index (κ1) is 13.9. The molecule has 1 aromatic carbocycles. The number of rotatable bonds is 3. The molecule has 5 nitrogen and oxygen atoms in total. The molecule has 0 unspecified atom stereocenters. The van der Waals surface area contributed by atoms with Gasteiger partial charge in [0.1, 0.15) is 5.75 Å². The molecule has 1 aliphatic heterocycles. The van der Waals surface area contributed by atoms with Gasteiger partial charge >= 0.3 is 0 Å². The molecule has 0 aliphatic carbocycles. The predicted octanol–water partition coefficient (Wildman–Crippen LogP) is 2.53. The van der Waals surface area contributed by atoms with Gasteiger partial charge in [0.2, 0.25) is 0 Å². The Balaban J connectivity index is 1.76. The van der Waals surface area contributed by atoms with Crippen LogP contribution < -0.4 is 10.1 Å². The molecule has 0 saturated heterocycles. The summed E-state index contributed by atoms with van der Waals surface area (Å²) in [4.78, 5) is 15.9. The molecule has 0 radical (unpaired) electrons. The molecule has 2 heterocycles. The van der Waals surface area contributed by atoms with Gasteiger partial charge in [-0.2, -0.15) is 0 Å². The Hall–Kier alpha value is -2.11. The lowest BCUT2D eigenvalue weighted by Gasteiger charge is -2.21. The Bertz CT molecular complexity index is 661. The molecule has 0 saturated carbocycles. The van der Waals surface area contributed by atoms with Crippen LogP contribution in [0.15, 0.2) is 36.7 Å². The van der Waals surface area contributed by atoms with Crippen LogP contribution in [0.3, 0.4) is 0 Å². The number of nitrogens with one attached hydrogen (secondary N) is 1. The molecule has 1 aromatic heterocycles. The lowest BCUT2D eigenvalue weighted by molar-refractivity contribution is -0.0170. The highest BCUT2D eigenvalue weighted by Gasteiger charge is 2.17. The van der Waals surface area contributed by atoms with E-state index in [0.717, 1.165) is 16.9 Å². The van der Waals surface area contributed by atoms with E-state index in [1.807, 2.05) is 6.07 Å². The zero-order chi connectivity index (χ0) is 14.7. The van der Waals surface area contributed by atoms with Gasteiger partial charge in [0, 0.05) is 40.7 Å². The third-order valence-electron chi connectivity index (χ3n) is 3.13. The Morgan fingerprint density at radius 1 is 1.33 bits per heavy atom. The Morgan fingerprint density at radius 3 is 2.95 bits per heavy atom. The average molecular weight is 305 g/mol.